The van der Waals surface area contributed by atoms with Gasteiger partial charge in [-0.3, -0.25) is 10.2 Å². The summed E-state index contributed by atoms with van der Waals surface area (Å²) in [6.45, 7) is 5.33. The predicted molar refractivity (Wildman–Crippen MR) is 82.5 cm³/mol. The normalized spacial score (nSPS) is 19.7. The van der Waals surface area contributed by atoms with Gasteiger partial charge in [0.1, 0.15) is 0 Å². The number of nitrogens with one attached hydrogen (secondary N) is 1. The first-order chi connectivity index (χ1) is 10.6. The van der Waals surface area contributed by atoms with Gasteiger partial charge in [-0.15, -0.1) is 0 Å². The number of rotatable bonds is 5. The molecule has 1 N–H and O–H groups in total. The van der Waals surface area contributed by atoms with Crippen LogP contribution in [-0.2, 0) is 11.2 Å². The van der Waals surface area contributed by atoms with Crippen LogP contribution in [0.4, 0.5) is 13.2 Å². The molecule has 0 aliphatic carbocycles. The molecular formula is C17H23F3N2O. The first-order valence-corrected chi connectivity index (χ1v) is 7.89. The molecule has 1 heterocycles. The van der Waals surface area contributed by atoms with Crippen molar-refractivity contribution in [1.29, 1.82) is 0 Å². The van der Waals surface area contributed by atoms with Crippen molar-refractivity contribution < 1.29 is 18.0 Å². The monoisotopic (exact) mass is 328 g/mol. The molecule has 1 aromatic carbocycles. The van der Waals surface area contributed by atoms with Crippen LogP contribution in [0.15, 0.2) is 24.3 Å². The van der Waals surface area contributed by atoms with Crippen molar-refractivity contribution in [2.75, 3.05) is 0 Å². The van der Waals surface area contributed by atoms with E-state index in [1.807, 2.05) is 13.0 Å². The van der Waals surface area contributed by atoms with Gasteiger partial charge in [0.25, 0.3) is 0 Å². The number of hydrogen-bond acceptors (Lipinski definition) is 2. The molecule has 1 saturated heterocycles. The summed E-state index contributed by atoms with van der Waals surface area (Å²) in [5.41, 5.74) is 2.55. The van der Waals surface area contributed by atoms with Gasteiger partial charge in [0.05, 0.1) is 0 Å². The van der Waals surface area contributed by atoms with E-state index < -0.39 is 17.8 Å². The van der Waals surface area contributed by atoms with Gasteiger partial charge < -0.3 is 0 Å². The van der Waals surface area contributed by atoms with Crippen molar-refractivity contribution in [3.05, 3.63) is 35.4 Å². The molecule has 128 valence electrons. The van der Waals surface area contributed by atoms with Gasteiger partial charge in [0.15, 0.2) is 6.04 Å². The van der Waals surface area contributed by atoms with Crippen LogP contribution in [0.25, 0.3) is 0 Å². The molecule has 0 radical (unpaired) electrons. The van der Waals surface area contributed by atoms with Crippen LogP contribution in [0, 0.1) is 0 Å². The Morgan fingerprint density at radius 3 is 2.57 bits per heavy atom. The number of carbonyl (C=O) groups is 1. The molecule has 1 aliphatic heterocycles. The van der Waals surface area contributed by atoms with Crippen LogP contribution in [0.5, 0.6) is 0 Å². The van der Waals surface area contributed by atoms with E-state index in [0.29, 0.717) is 0 Å². The highest BCUT2D eigenvalue weighted by Crippen LogP contribution is 2.42. The fourth-order valence-corrected chi connectivity index (χ4v) is 3.00. The summed E-state index contributed by atoms with van der Waals surface area (Å²) in [6.07, 6.45) is -1.74. The zero-order chi connectivity index (χ0) is 17.3. The second kappa shape index (κ2) is 6.51. The highest BCUT2D eigenvalue weighted by atomic mass is 19.4. The lowest BCUT2D eigenvalue weighted by atomic mass is 9.95. The zero-order valence-corrected chi connectivity index (χ0v) is 13.7. The first-order valence-electron chi connectivity index (χ1n) is 7.89. The Bertz CT molecular complexity index is 569. The molecule has 0 spiro atoms. The van der Waals surface area contributed by atoms with Gasteiger partial charge in [0, 0.05) is 12.0 Å². The summed E-state index contributed by atoms with van der Waals surface area (Å²) in [4.78, 5) is 11.6. The van der Waals surface area contributed by atoms with Gasteiger partial charge in [-0.2, -0.15) is 18.2 Å². The minimum atomic E-state index is -4.47. The largest absolute Gasteiger partial charge is 0.409 e. The number of nitrogens with zero attached hydrogens (tertiary/aromatic N) is 1. The minimum Gasteiger partial charge on any atom is -0.287 e. The topological polar surface area (TPSA) is 32.3 Å². The highest BCUT2D eigenvalue weighted by molar-refractivity contribution is 5.79. The van der Waals surface area contributed by atoms with Gasteiger partial charge in [-0.25, -0.2) is 0 Å². The lowest BCUT2D eigenvalue weighted by Gasteiger charge is -2.38. The van der Waals surface area contributed by atoms with Crippen molar-refractivity contribution in [3.63, 3.8) is 0 Å². The third kappa shape index (κ3) is 4.05. The fraction of sp³-hybridized carbons (Fsp3) is 0.588. The molecule has 2 rings (SSSR count). The van der Waals surface area contributed by atoms with Gasteiger partial charge >= 0.3 is 6.18 Å². The average Bonchev–Trinajstić information content (AvgIpc) is 2.68. The Kier molecular flexibility index (Phi) is 5.04. The smallest absolute Gasteiger partial charge is 0.287 e. The van der Waals surface area contributed by atoms with E-state index in [2.05, 4.69) is 5.43 Å². The van der Waals surface area contributed by atoms with Crippen LogP contribution in [-0.4, -0.2) is 22.6 Å². The molecule has 6 heteroatoms. The molecule has 1 unspecified atom stereocenters. The summed E-state index contributed by atoms with van der Waals surface area (Å²) in [7, 11) is 0. The third-order valence-corrected chi connectivity index (χ3v) is 4.14. The Morgan fingerprint density at radius 2 is 2.04 bits per heavy atom. The molecule has 0 aromatic heterocycles. The maximum atomic E-state index is 13.7. The molecule has 0 bridgehead atoms. The summed E-state index contributed by atoms with van der Waals surface area (Å²) in [6, 6.07) is 4.75. The van der Waals surface area contributed by atoms with Crippen molar-refractivity contribution in [1.82, 2.24) is 10.4 Å². The molecule has 1 aliphatic rings. The number of halogens is 3. The van der Waals surface area contributed by atoms with Crippen molar-refractivity contribution in [2.24, 2.45) is 0 Å². The van der Waals surface area contributed by atoms with Crippen LogP contribution in [0.1, 0.15) is 57.2 Å². The maximum Gasteiger partial charge on any atom is 0.409 e. The average molecular weight is 328 g/mol. The van der Waals surface area contributed by atoms with Gasteiger partial charge in [-0.05, 0) is 37.8 Å². The minimum absolute atomic E-state index is 0.0507. The first kappa shape index (κ1) is 17.8. The van der Waals surface area contributed by atoms with Crippen LogP contribution >= 0.6 is 0 Å². The van der Waals surface area contributed by atoms with E-state index in [4.69, 9.17) is 0 Å². The number of unbranched alkanes of at least 4 members (excludes halogenated alkanes) is 1. The fourth-order valence-electron chi connectivity index (χ4n) is 3.00. The number of carbonyl (C=O) groups excluding carboxylic acids is 1. The van der Waals surface area contributed by atoms with Crippen LogP contribution < -0.4 is 5.43 Å². The molecule has 1 aromatic rings. The number of hydrogen-bond donors (Lipinski definition) is 1. The predicted octanol–water partition coefficient (Wildman–Crippen LogP) is 4.15. The van der Waals surface area contributed by atoms with E-state index in [-0.39, 0.29) is 17.9 Å². The molecule has 1 atom stereocenters. The van der Waals surface area contributed by atoms with E-state index in [9.17, 15) is 18.0 Å². The SMILES string of the molecule is CCCCc1cccc(C(N2NC(=O)CC2(C)C)C(F)(F)F)c1. The molecule has 0 saturated carbocycles. The molecule has 1 fully saturated rings. The van der Waals surface area contributed by atoms with Gasteiger partial charge in [-0.1, -0.05) is 37.6 Å². The lowest BCUT2D eigenvalue weighted by Crippen LogP contribution is -2.51. The summed E-state index contributed by atoms with van der Waals surface area (Å²) >= 11 is 0. The summed E-state index contributed by atoms with van der Waals surface area (Å²) in [5.74, 6) is -0.383. The second-order valence-corrected chi connectivity index (χ2v) is 6.69. The Labute approximate surface area is 134 Å². The number of benzene rings is 1. The van der Waals surface area contributed by atoms with E-state index >= 15 is 0 Å². The number of alkyl halides is 3. The van der Waals surface area contributed by atoms with E-state index in [1.54, 1.807) is 26.0 Å². The van der Waals surface area contributed by atoms with Crippen molar-refractivity contribution >= 4 is 5.91 Å². The quantitative estimate of drug-likeness (QED) is 0.881. The Hall–Kier alpha value is -1.56. The molecule has 3 nitrogen and oxygen atoms in total. The zero-order valence-electron chi connectivity index (χ0n) is 13.7. The molecule has 1 amide bonds. The van der Waals surface area contributed by atoms with E-state index in [1.165, 1.54) is 6.07 Å². The lowest BCUT2D eigenvalue weighted by molar-refractivity contribution is -0.203. The van der Waals surface area contributed by atoms with Gasteiger partial charge in [0.2, 0.25) is 5.91 Å². The summed E-state index contributed by atoms with van der Waals surface area (Å²) < 4.78 is 41.2. The number of amides is 1. The Balaban J connectivity index is 2.38. The van der Waals surface area contributed by atoms with Crippen molar-refractivity contribution in [3.8, 4) is 0 Å². The van der Waals surface area contributed by atoms with Crippen LogP contribution in [0.3, 0.4) is 0 Å². The standard InChI is InChI=1S/C17H23F3N2O/c1-4-5-7-12-8-6-9-13(10-12)15(17(18,19)20)22-16(2,3)11-14(23)21-22/h6,8-10,15H,4-5,7,11H2,1-3H3,(H,21,23). The molecule has 23 heavy (non-hydrogen) atoms. The molecular weight excluding hydrogens is 305 g/mol. The highest BCUT2D eigenvalue weighted by Gasteiger charge is 2.52. The number of aryl methyl sites for hydroxylation is 1. The van der Waals surface area contributed by atoms with E-state index in [0.717, 1.165) is 29.8 Å². The maximum absolute atomic E-state index is 13.7. The Morgan fingerprint density at radius 1 is 1.35 bits per heavy atom. The second-order valence-electron chi connectivity index (χ2n) is 6.69. The summed E-state index contributed by atoms with van der Waals surface area (Å²) in [5, 5.41) is 1.05. The van der Waals surface area contributed by atoms with Crippen molar-refractivity contribution in [2.45, 2.75) is 64.2 Å². The third-order valence-electron chi connectivity index (χ3n) is 4.14. The number of hydrazine groups is 1. The van der Waals surface area contributed by atoms with Crippen LogP contribution in [0.2, 0.25) is 0 Å².